The van der Waals surface area contributed by atoms with Gasteiger partial charge in [0.15, 0.2) is 0 Å². The van der Waals surface area contributed by atoms with Gasteiger partial charge in [-0.2, -0.15) is 4.31 Å². The predicted octanol–water partition coefficient (Wildman–Crippen LogP) is 2.70. The molecule has 2 aromatic rings. The summed E-state index contributed by atoms with van der Waals surface area (Å²) in [6, 6.07) is 7.68. The third-order valence-corrected chi connectivity index (χ3v) is 7.00. The first-order chi connectivity index (χ1) is 10.1. The fraction of sp³-hybridized carbons (Fsp3) is 0.333. The molecule has 4 nitrogen and oxygen atoms in total. The van der Waals surface area contributed by atoms with E-state index in [2.05, 4.69) is 6.58 Å². The van der Waals surface area contributed by atoms with Gasteiger partial charge in [-0.3, -0.25) is 0 Å². The van der Waals surface area contributed by atoms with Crippen LogP contribution < -0.4 is 5.73 Å². The lowest BCUT2D eigenvalue weighted by atomic mass is 10.2. The highest BCUT2D eigenvalue weighted by Crippen LogP contribution is 2.39. The SMILES string of the molecule is C=CCN(C1CC1)S(=O)(=O)c1c(CN)sc2ccccc12. The Morgan fingerprint density at radius 2 is 2.10 bits per heavy atom. The van der Waals surface area contributed by atoms with Crippen molar-refractivity contribution in [2.75, 3.05) is 6.54 Å². The predicted molar refractivity (Wildman–Crippen MR) is 86.8 cm³/mol. The van der Waals surface area contributed by atoms with E-state index in [0.717, 1.165) is 27.8 Å². The number of nitrogens with two attached hydrogens (primary N) is 1. The molecule has 0 unspecified atom stereocenters. The van der Waals surface area contributed by atoms with E-state index < -0.39 is 10.0 Å². The summed E-state index contributed by atoms with van der Waals surface area (Å²) in [5.74, 6) is 0. The highest BCUT2D eigenvalue weighted by molar-refractivity contribution is 7.89. The van der Waals surface area contributed by atoms with Crippen molar-refractivity contribution in [2.45, 2.75) is 30.3 Å². The first-order valence-electron chi connectivity index (χ1n) is 6.92. The van der Waals surface area contributed by atoms with Crippen LogP contribution in [0, 0.1) is 0 Å². The molecule has 0 spiro atoms. The molecule has 1 aromatic carbocycles. The van der Waals surface area contributed by atoms with Crippen LogP contribution in [-0.4, -0.2) is 25.3 Å². The Hall–Kier alpha value is -1.21. The average molecular weight is 322 g/mol. The molecule has 112 valence electrons. The van der Waals surface area contributed by atoms with Crippen LogP contribution in [0.5, 0.6) is 0 Å². The highest BCUT2D eigenvalue weighted by Gasteiger charge is 2.39. The Kier molecular flexibility index (Phi) is 3.88. The van der Waals surface area contributed by atoms with Crippen molar-refractivity contribution in [3.8, 4) is 0 Å². The summed E-state index contributed by atoms with van der Waals surface area (Å²) in [6.07, 6.45) is 3.49. The van der Waals surface area contributed by atoms with Gasteiger partial charge in [-0.05, 0) is 18.9 Å². The molecular formula is C15H18N2O2S2. The van der Waals surface area contributed by atoms with Crippen LogP contribution >= 0.6 is 11.3 Å². The molecule has 0 radical (unpaired) electrons. The topological polar surface area (TPSA) is 63.4 Å². The van der Waals surface area contributed by atoms with E-state index in [1.54, 1.807) is 10.4 Å². The van der Waals surface area contributed by atoms with Crippen molar-refractivity contribution in [3.05, 3.63) is 41.8 Å². The Balaban J connectivity index is 2.19. The third kappa shape index (κ3) is 2.53. The normalized spacial score (nSPS) is 15.7. The van der Waals surface area contributed by atoms with Gasteiger partial charge in [-0.15, -0.1) is 17.9 Å². The summed E-state index contributed by atoms with van der Waals surface area (Å²) < 4.78 is 28.7. The second-order valence-corrected chi connectivity index (χ2v) is 8.11. The van der Waals surface area contributed by atoms with Gasteiger partial charge in [0.2, 0.25) is 10.0 Å². The summed E-state index contributed by atoms with van der Waals surface area (Å²) in [5.41, 5.74) is 5.78. The number of rotatable bonds is 6. The zero-order chi connectivity index (χ0) is 15.0. The summed E-state index contributed by atoms with van der Waals surface area (Å²) in [6.45, 7) is 4.27. The second kappa shape index (κ2) is 5.53. The molecule has 1 fully saturated rings. The number of benzene rings is 1. The average Bonchev–Trinajstić information content (AvgIpc) is 3.22. The Bertz CT molecular complexity index is 776. The quantitative estimate of drug-likeness (QED) is 0.832. The van der Waals surface area contributed by atoms with Crippen LogP contribution in [0.25, 0.3) is 10.1 Å². The molecule has 1 heterocycles. The molecule has 6 heteroatoms. The van der Waals surface area contributed by atoms with Gasteiger partial charge < -0.3 is 5.73 Å². The van der Waals surface area contributed by atoms with Crippen molar-refractivity contribution in [1.29, 1.82) is 0 Å². The van der Waals surface area contributed by atoms with Gasteiger partial charge in [0.1, 0.15) is 4.90 Å². The van der Waals surface area contributed by atoms with Crippen molar-refractivity contribution < 1.29 is 8.42 Å². The van der Waals surface area contributed by atoms with Crippen molar-refractivity contribution >= 4 is 31.4 Å². The Morgan fingerprint density at radius 1 is 1.38 bits per heavy atom. The summed E-state index contributed by atoms with van der Waals surface area (Å²) in [7, 11) is -3.53. The van der Waals surface area contributed by atoms with Crippen molar-refractivity contribution in [3.63, 3.8) is 0 Å². The maximum absolute atomic E-state index is 13.1. The molecular weight excluding hydrogens is 304 g/mol. The zero-order valence-electron chi connectivity index (χ0n) is 11.7. The van der Waals surface area contributed by atoms with Gasteiger partial charge in [-0.25, -0.2) is 8.42 Å². The molecule has 3 rings (SSSR count). The van der Waals surface area contributed by atoms with Crippen molar-refractivity contribution in [2.24, 2.45) is 5.73 Å². The van der Waals surface area contributed by atoms with E-state index in [4.69, 9.17) is 5.73 Å². The molecule has 0 amide bonds. The fourth-order valence-corrected chi connectivity index (χ4v) is 5.99. The van der Waals surface area contributed by atoms with Crippen LogP contribution in [0.3, 0.4) is 0 Å². The van der Waals surface area contributed by atoms with Crippen molar-refractivity contribution in [1.82, 2.24) is 4.31 Å². The molecule has 1 aliphatic carbocycles. The molecule has 2 N–H and O–H groups in total. The van der Waals surface area contributed by atoms with E-state index in [-0.39, 0.29) is 12.6 Å². The van der Waals surface area contributed by atoms with Crippen LogP contribution in [0.1, 0.15) is 17.7 Å². The van der Waals surface area contributed by atoms with E-state index in [9.17, 15) is 8.42 Å². The molecule has 0 saturated heterocycles. The first-order valence-corrected chi connectivity index (χ1v) is 9.18. The largest absolute Gasteiger partial charge is 0.326 e. The third-order valence-electron chi connectivity index (χ3n) is 3.63. The number of hydrogen-bond acceptors (Lipinski definition) is 4. The lowest BCUT2D eigenvalue weighted by Crippen LogP contribution is -2.33. The van der Waals surface area contributed by atoms with Gasteiger partial charge in [0.25, 0.3) is 0 Å². The first kappa shape index (κ1) is 14.7. The standard InChI is InChI=1S/C15H18N2O2S2/c1-2-9-17(11-7-8-11)21(18,19)15-12-5-3-4-6-13(12)20-14(15)10-16/h2-6,11H,1,7-10,16H2. The van der Waals surface area contributed by atoms with E-state index in [1.165, 1.54) is 11.3 Å². The highest BCUT2D eigenvalue weighted by atomic mass is 32.2. The minimum Gasteiger partial charge on any atom is -0.326 e. The van der Waals surface area contributed by atoms with Gasteiger partial charge in [-0.1, -0.05) is 24.3 Å². The molecule has 21 heavy (non-hydrogen) atoms. The number of nitrogens with zero attached hydrogens (tertiary/aromatic N) is 1. The summed E-state index contributed by atoms with van der Waals surface area (Å²) in [4.78, 5) is 1.12. The zero-order valence-corrected chi connectivity index (χ0v) is 13.3. The minimum atomic E-state index is -3.53. The fourth-order valence-electron chi connectivity index (χ4n) is 2.54. The Morgan fingerprint density at radius 3 is 2.71 bits per heavy atom. The summed E-state index contributed by atoms with van der Waals surface area (Å²) in [5, 5.41) is 0.776. The number of thiophene rings is 1. The van der Waals surface area contributed by atoms with E-state index in [0.29, 0.717) is 11.4 Å². The number of sulfonamides is 1. The molecule has 0 bridgehead atoms. The summed E-state index contributed by atoms with van der Waals surface area (Å²) >= 11 is 1.46. The molecule has 1 saturated carbocycles. The molecule has 0 aliphatic heterocycles. The second-order valence-electron chi connectivity index (χ2n) is 5.15. The lowest BCUT2D eigenvalue weighted by molar-refractivity contribution is 0.436. The van der Waals surface area contributed by atoms with Crippen LogP contribution in [0.4, 0.5) is 0 Å². The smallest absolute Gasteiger partial charge is 0.245 e. The van der Waals surface area contributed by atoms with Gasteiger partial charge in [0, 0.05) is 34.1 Å². The molecule has 1 aliphatic rings. The molecule has 1 aromatic heterocycles. The molecule has 0 atom stereocenters. The van der Waals surface area contributed by atoms with Crippen LogP contribution in [-0.2, 0) is 16.6 Å². The van der Waals surface area contributed by atoms with Crippen LogP contribution in [0.2, 0.25) is 0 Å². The van der Waals surface area contributed by atoms with Gasteiger partial charge in [0.05, 0.1) is 0 Å². The number of fused-ring (bicyclic) bond motifs is 1. The lowest BCUT2D eigenvalue weighted by Gasteiger charge is -2.20. The van der Waals surface area contributed by atoms with E-state index >= 15 is 0 Å². The van der Waals surface area contributed by atoms with E-state index in [1.807, 2.05) is 24.3 Å². The Labute approximate surface area is 128 Å². The van der Waals surface area contributed by atoms with Crippen LogP contribution in [0.15, 0.2) is 41.8 Å². The maximum atomic E-state index is 13.1. The monoisotopic (exact) mass is 322 g/mol. The maximum Gasteiger partial charge on any atom is 0.245 e. The number of hydrogen-bond donors (Lipinski definition) is 1. The van der Waals surface area contributed by atoms with Gasteiger partial charge >= 0.3 is 0 Å². The minimum absolute atomic E-state index is 0.109.